The number of halogens is 1. The van der Waals surface area contributed by atoms with Gasteiger partial charge in [0.25, 0.3) is 0 Å². The van der Waals surface area contributed by atoms with Crippen molar-refractivity contribution in [1.82, 2.24) is 15.5 Å². The van der Waals surface area contributed by atoms with Crippen LogP contribution in [0.25, 0.3) is 0 Å². The van der Waals surface area contributed by atoms with Crippen molar-refractivity contribution in [3.05, 3.63) is 59.8 Å². The number of benzene rings is 1. The molecule has 1 aromatic carbocycles. The van der Waals surface area contributed by atoms with Crippen molar-refractivity contribution in [2.45, 2.75) is 13.0 Å². The molecule has 1 aliphatic heterocycles. The van der Waals surface area contributed by atoms with E-state index in [1.807, 2.05) is 18.2 Å². The van der Waals surface area contributed by atoms with Crippen LogP contribution in [0.3, 0.4) is 0 Å². The molecule has 0 aliphatic carbocycles. The normalized spacial score (nSPS) is 15.7. The SMILES string of the molecule is Fc1cccc(CN=C(NCCc2ccco2)NCCN2CCOCC2)c1. The molecule has 27 heavy (non-hydrogen) atoms. The van der Waals surface area contributed by atoms with Crippen molar-refractivity contribution < 1.29 is 13.5 Å². The average Bonchev–Trinajstić information content (AvgIpc) is 3.20. The Hall–Kier alpha value is -2.38. The van der Waals surface area contributed by atoms with Crippen LogP contribution in [-0.4, -0.2) is 56.8 Å². The Morgan fingerprint density at radius 3 is 2.74 bits per heavy atom. The Balaban J connectivity index is 1.50. The quantitative estimate of drug-likeness (QED) is 0.547. The minimum Gasteiger partial charge on any atom is -0.469 e. The van der Waals surface area contributed by atoms with Crippen molar-refractivity contribution in [3.8, 4) is 0 Å². The largest absolute Gasteiger partial charge is 0.469 e. The van der Waals surface area contributed by atoms with Gasteiger partial charge in [0.2, 0.25) is 0 Å². The van der Waals surface area contributed by atoms with Crippen LogP contribution in [0.4, 0.5) is 4.39 Å². The van der Waals surface area contributed by atoms with Gasteiger partial charge in [-0.3, -0.25) is 4.90 Å². The Morgan fingerprint density at radius 1 is 1.11 bits per heavy atom. The van der Waals surface area contributed by atoms with Gasteiger partial charge in [-0.25, -0.2) is 9.38 Å². The van der Waals surface area contributed by atoms with Crippen molar-refractivity contribution in [2.75, 3.05) is 45.9 Å². The van der Waals surface area contributed by atoms with Gasteiger partial charge < -0.3 is 19.8 Å². The molecule has 3 rings (SSSR count). The summed E-state index contributed by atoms with van der Waals surface area (Å²) in [4.78, 5) is 6.96. The van der Waals surface area contributed by atoms with E-state index in [1.165, 1.54) is 12.1 Å². The molecule has 0 bridgehead atoms. The fourth-order valence-corrected chi connectivity index (χ4v) is 2.90. The maximum atomic E-state index is 13.4. The first-order valence-corrected chi connectivity index (χ1v) is 9.39. The zero-order valence-electron chi connectivity index (χ0n) is 15.5. The highest BCUT2D eigenvalue weighted by Gasteiger charge is 2.10. The average molecular weight is 374 g/mol. The van der Waals surface area contributed by atoms with E-state index < -0.39 is 0 Å². The summed E-state index contributed by atoms with van der Waals surface area (Å²) in [7, 11) is 0. The van der Waals surface area contributed by atoms with Gasteiger partial charge in [0.1, 0.15) is 11.6 Å². The number of ether oxygens (including phenoxy) is 1. The van der Waals surface area contributed by atoms with E-state index in [0.717, 1.165) is 63.1 Å². The molecule has 0 unspecified atom stereocenters. The molecule has 0 atom stereocenters. The molecular weight excluding hydrogens is 347 g/mol. The molecule has 2 heterocycles. The molecular formula is C20H27FN4O2. The number of rotatable bonds is 8. The second-order valence-electron chi connectivity index (χ2n) is 6.43. The van der Waals surface area contributed by atoms with Crippen LogP contribution >= 0.6 is 0 Å². The van der Waals surface area contributed by atoms with Crippen LogP contribution in [0.2, 0.25) is 0 Å². The number of nitrogens with zero attached hydrogens (tertiary/aromatic N) is 2. The maximum absolute atomic E-state index is 13.4. The fraction of sp³-hybridized carbons (Fsp3) is 0.450. The van der Waals surface area contributed by atoms with Gasteiger partial charge in [0.05, 0.1) is 26.0 Å². The van der Waals surface area contributed by atoms with Crippen LogP contribution in [0.5, 0.6) is 0 Å². The molecule has 146 valence electrons. The number of morpholine rings is 1. The monoisotopic (exact) mass is 374 g/mol. The van der Waals surface area contributed by atoms with Crippen molar-refractivity contribution in [1.29, 1.82) is 0 Å². The Bertz CT molecular complexity index is 700. The second kappa shape index (κ2) is 10.7. The molecule has 0 spiro atoms. The lowest BCUT2D eigenvalue weighted by Crippen LogP contribution is -2.44. The van der Waals surface area contributed by atoms with Gasteiger partial charge in [-0.1, -0.05) is 12.1 Å². The highest BCUT2D eigenvalue weighted by molar-refractivity contribution is 5.79. The number of nitrogens with one attached hydrogen (secondary N) is 2. The molecule has 0 saturated carbocycles. The van der Waals surface area contributed by atoms with Gasteiger partial charge in [-0.2, -0.15) is 0 Å². The number of hydrogen-bond donors (Lipinski definition) is 2. The van der Waals surface area contributed by atoms with E-state index >= 15 is 0 Å². The summed E-state index contributed by atoms with van der Waals surface area (Å²) in [5, 5.41) is 6.69. The molecule has 0 radical (unpaired) electrons. The zero-order valence-corrected chi connectivity index (χ0v) is 15.5. The highest BCUT2D eigenvalue weighted by atomic mass is 19.1. The molecule has 1 aromatic heterocycles. The van der Waals surface area contributed by atoms with Crippen LogP contribution in [0.15, 0.2) is 52.1 Å². The van der Waals surface area contributed by atoms with Gasteiger partial charge in [0.15, 0.2) is 5.96 Å². The number of aliphatic imine (C=N–C) groups is 1. The summed E-state index contributed by atoms with van der Waals surface area (Å²) in [6.07, 6.45) is 2.45. The molecule has 2 aromatic rings. The first kappa shape index (κ1) is 19.4. The lowest BCUT2D eigenvalue weighted by atomic mass is 10.2. The van der Waals surface area contributed by atoms with Gasteiger partial charge in [-0.15, -0.1) is 0 Å². The Morgan fingerprint density at radius 2 is 1.96 bits per heavy atom. The number of guanidine groups is 1. The Kier molecular flexibility index (Phi) is 7.68. The van der Waals surface area contributed by atoms with Crippen LogP contribution in [-0.2, 0) is 17.7 Å². The predicted octanol–water partition coefficient (Wildman–Crippen LogP) is 2.03. The van der Waals surface area contributed by atoms with Crippen LogP contribution in [0, 0.1) is 5.82 Å². The van der Waals surface area contributed by atoms with Crippen LogP contribution < -0.4 is 10.6 Å². The van der Waals surface area contributed by atoms with Crippen molar-refractivity contribution in [2.24, 2.45) is 4.99 Å². The van der Waals surface area contributed by atoms with E-state index in [-0.39, 0.29) is 5.82 Å². The summed E-state index contributed by atoms with van der Waals surface area (Å²) in [5.41, 5.74) is 0.843. The molecule has 0 amide bonds. The van der Waals surface area contributed by atoms with E-state index in [2.05, 4.69) is 20.5 Å². The minimum atomic E-state index is -0.240. The van der Waals surface area contributed by atoms with Crippen molar-refractivity contribution in [3.63, 3.8) is 0 Å². The molecule has 2 N–H and O–H groups in total. The molecule has 1 saturated heterocycles. The standard InChI is InChI=1S/C20H27FN4O2/c21-18-4-1-3-17(15-18)16-24-20(22-7-6-19-5-2-12-27-19)23-8-9-25-10-13-26-14-11-25/h1-5,12,15H,6-11,13-14,16H2,(H2,22,23,24). The van der Waals surface area contributed by atoms with E-state index in [9.17, 15) is 4.39 Å². The van der Waals surface area contributed by atoms with E-state index in [0.29, 0.717) is 13.1 Å². The highest BCUT2D eigenvalue weighted by Crippen LogP contribution is 2.05. The molecule has 1 fully saturated rings. The first-order chi connectivity index (χ1) is 13.3. The Labute approximate surface area is 159 Å². The lowest BCUT2D eigenvalue weighted by molar-refractivity contribution is 0.0389. The van der Waals surface area contributed by atoms with E-state index in [1.54, 1.807) is 12.3 Å². The third-order valence-corrected chi connectivity index (χ3v) is 4.38. The second-order valence-corrected chi connectivity index (χ2v) is 6.43. The smallest absolute Gasteiger partial charge is 0.191 e. The van der Waals surface area contributed by atoms with Crippen LogP contribution in [0.1, 0.15) is 11.3 Å². The predicted molar refractivity (Wildman–Crippen MR) is 103 cm³/mol. The van der Waals surface area contributed by atoms with Gasteiger partial charge >= 0.3 is 0 Å². The minimum absolute atomic E-state index is 0.240. The third kappa shape index (κ3) is 7.03. The van der Waals surface area contributed by atoms with Crippen molar-refractivity contribution >= 4 is 5.96 Å². The first-order valence-electron chi connectivity index (χ1n) is 9.39. The zero-order chi connectivity index (χ0) is 18.7. The molecule has 7 heteroatoms. The molecule has 6 nitrogen and oxygen atoms in total. The third-order valence-electron chi connectivity index (χ3n) is 4.38. The summed E-state index contributed by atoms with van der Waals surface area (Å²) in [5.74, 6) is 1.41. The lowest BCUT2D eigenvalue weighted by Gasteiger charge is -2.26. The fourth-order valence-electron chi connectivity index (χ4n) is 2.90. The van der Waals surface area contributed by atoms with E-state index in [4.69, 9.17) is 9.15 Å². The topological polar surface area (TPSA) is 62.0 Å². The summed E-state index contributed by atoms with van der Waals surface area (Å²) in [6, 6.07) is 10.4. The number of hydrogen-bond acceptors (Lipinski definition) is 4. The molecule has 1 aliphatic rings. The summed E-state index contributed by atoms with van der Waals surface area (Å²) >= 11 is 0. The van der Waals surface area contributed by atoms with Gasteiger partial charge in [-0.05, 0) is 29.8 Å². The maximum Gasteiger partial charge on any atom is 0.191 e. The van der Waals surface area contributed by atoms with Gasteiger partial charge in [0, 0.05) is 39.1 Å². The summed E-state index contributed by atoms with van der Waals surface area (Å²) < 4.78 is 24.1. The number of furan rings is 1. The summed E-state index contributed by atoms with van der Waals surface area (Å²) in [6.45, 7) is 6.36.